The molecule has 0 saturated carbocycles. The van der Waals surface area contributed by atoms with Gasteiger partial charge in [-0.05, 0) is 30.7 Å². The number of nitrogens with one attached hydrogen (secondary N) is 1. The molecule has 1 saturated heterocycles. The molecule has 1 aromatic carbocycles. The highest BCUT2D eigenvalue weighted by Crippen LogP contribution is 2.24. The van der Waals surface area contributed by atoms with Crippen LogP contribution in [0.3, 0.4) is 0 Å². The van der Waals surface area contributed by atoms with E-state index in [0.717, 1.165) is 5.56 Å². The van der Waals surface area contributed by atoms with Gasteiger partial charge < -0.3 is 15.7 Å². The summed E-state index contributed by atoms with van der Waals surface area (Å²) >= 11 is 0. The summed E-state index contributed by atoms with van der Waals surface area (Å²) in [5.74, 6) is 4.76. The fourth-order valence-corrected chi connectivity index (χ4v) is 3.32. The minimum Gasteiger partial charge on any atom is -0.369 e. The predicted octanol–water partition coefficient (Wildman–Crippen LogP) is 0.886. The molecule has 156 valence electrons. The third-order valence-electron chi connectivity index (χ3n) is 5.11. The van der Waals surface area contributed by atoms with Crippen molar-refractivity contribution in [2.24, 2.45) is 5.73 Å². The second kappa shape index (κ2) is 7.66. The average Bonchev–Trinajstić information content (AvgIpc) is 3.31. The standard InChI is InChI=1S/C22H20N6O3/c1-13-12-24-27-18(13)16-11-17(19(23)29)26-20(25-16)15-5-3-4-14(10-15)6-7-22(31)8-9-28(2)21(22)30/h3-5,10-12,31H,8-9H2,1-2H3,(H2,23,29)(H,24,27)/t22-/m0/s1. The normalized spacial score (nSPS) is 18.0. The van der Waals surface area contributed by atoms with E-state index in [1.807, 2.05) is 6.92 Å². The smallest absolute Gasteiger partial charge is 0.267 e. The van der Waals surface area contributed by atoms with Crippen molar-refractivity contribution in [3.05, 3.63) is 53.3 Å². The lowest BCUT2D eigenvalue weighted by atomic mass is 10.0. The molecule has 0 radical (unpaired) electrons. The van der Waals surface area contributed by atoms with Crippen LogP contribution in [0, 0.1) is 18.8 Å². The molecule has 9 heteroatoms. The number of amides is 2. The van der Waals surface area contributed by atoms with Crippen molar-refractivity contribution < 1.29 is 14.7 Å². The molecular formula is C22H20N6O3. The molecule has 0 aliphatic carbocycles. The van der Waals surface area contributed by atoms with Gasteiger partial charge in [-0.2, -0.15) is 5.10 Å². The highest BCUT2D eigenvalue weighted by Gasteiger charge is 2.42. The quantitative estimate of drug-likeness (QED) is 0.542. The van der Waals surface area contributed by atoms with Crippen LogP contribution in [0.25, 0.3) is 22.8 Å². The van der Waals surface area contributed by atoms with Crippen LogP contribution >= 0.6 is 0 Å². The van der Waals surface area contributed by atoms with E-state index in [0.29, 0.717) is 34.9 Å². The van der Waals surface area contributed by atoms with Crippen molar-refractivity contribution in [2.75, 3.05) is 13.6 Å². The van der Waals surface area contributed by atoms with E-state index in [-0.39, 0.29) is 12.1 Å². The second-order valence-corrected chi connectivity index (χ2v) is 7.42. The Hall–Kier alpha value is -4.03. The number of aromatic amines is 1. The van der Waals surface area contributed by atoms with Crippen molar-refractivity contribution in [1.29, 1.82) is 0 Å². The zero-order valence-corrected chi connectivity index (χ0v) is 17.0. The molecule has 1 aliphatic heterocycles. The third kappa shape index (κ3) is 3.89. The number of carbonyl (C=O) groups excluding carboxylic acids is 2. The summed E-state index contributed by atoms with van der Waals surface area (Å²) in [4.78, 5) is 34.2. The van der Waals surface area contributed by atoms with Gasteiger partial charge in [0, 0.05) is 31.1 Å². The van der Waals surface area contributed by atoms with Crippen LogP contribution in [0.4, 0.5) is 0 Å². The van der Waals surface area contributed by atoms with E-state index >= 15 is 0 Å². The highest BCUT2D eigenvalue weighted by atomic mass is 16.3. The van der Waals surface area contributed by atoms with Crippen LogP contribution in [0.1, 0.15) is 28.0 Å². The Morgan fingerprint density at radius 1 is 1.32 bits per heavy atom. The van der Waals surface area contributed by atoms with Gasteiger partial charge in [0.2, 0.25) is 5.60 Å². The maximum absolute atomic E-state index is 12.1. The molecule has 3 aromatic rings. The van der Waals surface area contributed by atoms with E-state index in [4.69, 9.17) is 5.73 Å². The lowest BCUT2D eigenvalue weighted by Gasteiger charge is -2.13. The number of hydrogen-bond donors (Lipinski definition) is 3. The maximum atomic E-state index is 12.1. The van der Waals surface area contributed by atoms with Crippen LogP contribution in [-0.4, -0.2) is 61.2 Å². The number of primary amides is 1. The molecule has 31 heavy (non-hydrogen) atoms. The number of benzene rings is 1. The molecule has 1 aliphatic rings. The first kappa shape index (κ1) is 20.3. The first-order chi connectivity index (χ1) is 14.8. The molecule has 0 unspecified atom stereocenters. The number of hydrogen-bond acceptors (Lipinski definition) is 6. The molecule has 4 N–H and O–H groups in total. The number of aryl methyl sites for hydroxylation is 1. The molecule has 2 amide bonds. The number of likely N-dealkylation sites (N-methyl/N-ethyl adjacent to an activating group) is 1. The lowest BCUT2D eigenvalue weighted by Crippen LogP contribution is -2.37. The van der Waals surface area contributed by atoms with Gasteiger partial charge in [-0.15, -0.1) is 0 Å². The number of nitrogens with zero attached hydrogens (tertiary/aromatic N) is 4. The van der Waals surface area contributed by atoms with Crippen molar-refractivity contribution in [3.8, 4) is 34.6 Å². The Balaban J connectivity index is 1.74. The van der Waals surface area contributed by atoms with Gasteiger partial charge in [0.15, 0.2) is 5.82 Å². The van der Waals surface area contributed by atoms with Crippen molar-refractivity contribution >= 4 is 11.8 Å². The molecule has 1 fully saturated rings. The number of aliphatic hydroxyl groups is 1. The molecular weight excluding hydrogens is 396 g/mol. The summed E-state index contributed by atoms with van der Waals surface area (Å²) in [6.07, 6.45) is 1.91. The Kier molecular flexibility index (Phi) is 5.01. The Bertz CT molecular complexity index is 1260. The zero-order valence-electron chi connectivity index (χ0n) is 17.0. The number of nitrogens with two attached hydrogens (primary N) is 1. The van der Waals surface area contributed by atoms with Crippen molar-refractivity contribution in [3.63, 3.8) is 0 Å². The minimum atomic E-state index is -1.68. The Labute approximate surface area is 178 Å². The molecule has 1 atom stereocenters. The monoisotopic (exact) mass is 416 g/mol. The molecule has 9 nitrogen and oxygen atoms in total. The lowest BCUT2D eigenvalue weighted by molar-refractivity contribution is -0.137. The SMILES string of the molecule is Cc1cn[nH]c1-c1cc(C(N)=O)nc(-c2cccc(C#C[C@]3(O)CCN(C)C3=O)c2)n1. The summed E-state index contributed by atoms with van der Waals surface area (Å²) in [6, 6.07) is 8.52. The van der Waals surface area contributed by atoms with Crippen molar-refractivity contribution in [1.82, 2.24) is 25.1 Å². The van der Waals surface area contributed by atoms with Crippen LogP contribution in [-0.2, 0) is 4.79 Å². The first-order valence-corrected chi connectivity index (χ1v) is 9.57. The third-order valence-corrected chi connectivity index (χ3v) is 5.11. The maximum Gasteiger partial charge on any atom is 0.267 e. The van der Waals surface area contributed by atoms with Gasteiger partial charge in [0.1, 0.15) is 5.69 Å². The molecule has 0 spiro atoms. The second-order valence-electron chi connectivity index (χ2n) is 7.42. The summed E-state index contributed by atoms with van der Waals surface area (Å²) in [6.45, 7) is 2.32. The topological polar surface area (TPSA) is 138 Å². The van der Waals surface area contributed by atoms with Gasteiger partial charge in [-0.1, -0.05) is 24.0 Å². The first-order valence-electron chi connectivity index (χ1n) is 9.57. The van der Waals surface area contributed by atoms with Crippen LogP contribution in [0.15, 0.2) is 36.5 Å². The summed E-state index contributed by atoms with van der Waals surface area (Å²) < 4.78 is 0. The van der Waals surface area contributed by atoms with Gasteiger partial charge >= 0.3 is 0 Å². The van der Waals surface area contributed by atoms with Gasteiger partial charge in [-0.3, -0.25) is 14.7 Å². The Morgan fingerprint density at radius 3 is 2.77 bits per heavy atom. The van der Waals surface area contributed by atoms with Gasteiger partial charge in [-0.25, -0.2) is 9.97 Å². The van der Waals surface area contributed by atoms with Gasteiger partial charge in [0.25, 0.3) is 11.8 Å². The summed E-state index contributed by atoms with van der Waals surface area (Å²) in [5, 5.41) is 17.4. The zero-order chi connectivity index (χ0) is 22.2. The van der Waals surface area contributed by atoms with E-state index in [9.17, 15) is 14.7 Å². The van der Waals surface area contributed by atoms with Gasteiger partial charge in [0.05, 0.1) is 17.6 Å². The van der Waals surface area contributed by atoms with E-state index in [1.54, 1.807) is 37.5 Å². The number of H-pyrrole nitrogens is 1. The fourth-order valence-electron chi connectivity index (χ4n) is 3.32. The van der Waals surface area contributed by atoms with Crippen LogP contribution in [0.5, 0.6) is 0 Å². The van der Waals surface area contributed by atoms with Crippen molar-refractivity contribution in [2.45, 2.75) is 18.9 Å². The number of aromatic nitrogens is 4. The number of likely N-dealkylation sites (tertiary alicyclic amines) is 1. The fraction of sp³-hybridized carbons (Fsp3) is 0.227. The summed E-state index contributed by atoms with van der Waals surface area (Å²) in [7, 11) is 1.63. The van der Waals surface area contributed by atoms with Crippen LogP contribution < -0.4 is 5.73 Å². The predicted molar refractivity (Wildman–Crippen MR) is 112 cm³/mol. The van der Waals surface area contributed by atoms with E-state index < -0.39 is 17.4 Å². The molecule has 2 aromatic heterocycles. The molecule has 0 bridgehead atoms. The minimum absolute atomic E-state index is 0.0689. The summed E-state index contributed by atoms with van der Waals surface area (Å²) in [5.41, 5.74) is 7.04. The Morgan fingerprint density at radius 2 is 2.13 bits per heavy atom. The highest BCUT2D eigenvalue weighted by molar-refractivity contribution is 5.92. The average molecular weight is 416 g/mol. The molecule has 3 heterocycles. The number of carbonyl (C=O) groups is 2. The van der Waals surface area contributed by atoms with Crippen LogP contribution in [0.2, 0.25) is 0 Å². The van der Waals surface area contributed by atoms with E-state index in [2.05, 4.69) is 32.0 Å². The van der Waals surface area contributed by atoms with E-state index in [1.165, 1.54) is 11.0 Å². The molecule has 4 rings (SSSR count). The number of rotatable bonds is 3. The largest absolute Gasteiger partial charge is 0.369 e.